The Bertz CT molecular complexity index is 2480. The van der Waals surface area contributed by atoms with E-state index in [1.165, 1.54) is 44.5 Å². The van der Waals surface area contributed by atoms with Crippen molar-refractivity contribution in [3.8, 4) is 0 Å². The molecule has 3 aromatic carbocycles. The van der Waals surface area contributed by atoms with Crippen molar-refractivity contribution in [2.24, 2.45) is 26.8 Å². The van der Waals surface area contributed by atoms with Crippen LogP contribution in [0.4, 0.5) is 0 Å². The van der Waals surface area contributed by atoms with E-state index >= 15 is 0 Å². The van der Waals surface area contributed by atoms with Crippen molar-refractivity contribution in [3.05, 3.63) is 215 Å². The van der Waals surface area contributed by atoms with E-state index < -0.39 is 0 Å². The fourth-order valence-corrected chi connectivity index (χ4v) is 8.67. The third-order valence-corrected chi connectivity index (χ3v) is 11.9. The van der Waals surface area contributed by atoms with E-state index in [2.05, 4.69) is 157 Å². The molecule has 4 unspecified atom stereocenters. The molecule has 4 nitrogen and oxygen atoms in total. The number of aromatic nitrogens is 1. The van der Waals surface area contributed by atoms with E-state index in [4.69, 9.17) is 9.98 Å². The number of pyridine rings is 1. The third kappa shape index (κ3) is 8.32. The van der Waals surface area contributed by atoms with Crippen molar-refractivity contribution in [2.45, 2.75) is 57.3 Å². The molecule has 280 valence electrons. The quantitative estimate of drug-likeness (QED) is 0.177. The number of aliphatic imine (C=N–C) groups is 3. The summed E-state index contributed by atoms with van der Waals surface area (Å²) in [6.07, 6.45) is 36.4. The highest BCUT2D eigenvalue weighted by Gasteiger charge is 2.23. The van der Waals surface area contributed by atoms with Crippen LogP contribution in [-0.4, -0.2) is 22.7 Å². The summed E-state index contributed by atoms with van der Waals surface area (Å²) in [6, 6.07) is 33.2. The fourth-order valence-electron chi connectivity index (χ4n) is 8.67. The second-order valence-electron chi connectivity index (χ2n) is 15.7. The van der Waals surface area contributed by atoms with E-state index in [1.807, 2.05) is 36.9 Å². The summed E-state index contributed by atoms with van der Waals surface area (Å²) in [5.74, 6) is 2.00. The van der Waals surface area contributed by atoms with Gasteiger partial charge in [0.1, 0.15) is 5.84 Å². The fraction of sp³-hybridized carbons (Fsp3) is 0.208. The Morgan fingerprint density at radius 3 is 2.26 bits per heavy atom. The number of hydrogen-bond donors (Lipinski definition) is 0. The van der Waals surface area contributed by atoms with Crippen molar-refractivity contribution in [2.75, 3.05) is 0 Å². The number of hydrogen-bond acceptors (Lipinski definition) is 4. The van der Waals surface area contributed by atoms with Crippen molar-refractivity contribution in [1.29, 1.82) is 0 Å². The molecular formula is C53H48N4. The van der Waals surface area contributed by atoms with E-state index in [1.54, 1.807) is 0 Å². The summed E-state index contributed by atoms with van der Waals surface area (Å²) in [5.41, 5.74) is 15.0. The van der Waals surface area contributed by atoms with Crippen LogP contribution >= 0.6 is 0 Å². The SMILES string of the molecule is C/C1=C(\c2cccc(C3C=C(c4cccc(C5=CC=CC(C6=CC(c7ccccc7)CC=C6)C5)c4)C=CC3)c2)N=C(C2C=CN=CC2)N=C(c2ccncc2)CC1. The van der Waals surface area contributed by atoms with Crippen LogP contribution in [-0.2, 0) is 0 Å². The molecule has 9 rings (SSSR count). The van der Waals surface area contributed by atoms with Gasteiger partial charge in [-0.25, -0.2) is 9.98 Å². The zero-order valence-corrected chi connectivity index (χ0v) is 32.6. The number of nitrogens with zero attached hydrogens (tertiary/aromatic N) is 4. The lowest BCUT2D eigenvalue weighted by molar-refractivity contribution is 0.754. The first kappa shape index (κ1) is 36.4. The Labute approximate surface area is 337 Å². The average molecular weight is 741 g/mol. The molecule has 0 bridgehead atoms. The van der Waals surface area contributed by atoms with Gasteiger partial charge in [-0.2, -0.15) is 0 Å². The van der Waals surface area contributed by atoms with Gasteiger partial charge in [0.15, 0.2) is 0 Å². The predicted octanol–water partition coefficient (Wildman–Crippen LogP) is 12.9. The minimum Gasteiger partial charge on any atom is -0.269 e. The van der Waals surface area contributed by atoms with Gasteiger partial charge in [0.2, 0.25) is 0 Å². The maximum Gasteiger partial charge on any atom is 0.136 e. The molecule has 1 aromatic heterocycles. The molecule has 0 fully saturated rings. The number of allylic oxidation sites excluding steroid dienone is 13. The first-order valence-electron chi connectivity index (χ1n) is 20.5. The van der Waals surface area contributed by atoms with Crippen LogP contribution in [0.3, 0.4) is 0 Å². The molecule has 0 amide bonds. The van der Waals surface area contributed by atoms with Crippen LogP contribution in [0.2, 0.25) is 0 Å². The highest BCUT2D eigenvalue weighted by atomic mass is 15.0. The molecule has 0 saturated heterocycles. The minimum atomic E-state index is 0.0765. The lowest BCUT2D eigenvalue weighted by Crippen LogP contribution is -2.17. The highest BCUT2D eigenvalue weighted by Crippen LogP contribution is 2.39. The minimum absolute atomic E-state index is 0.0765. The first-order valence-corrected chi connectivity index (χ1v) is 20.5. The zero-order chi connectivity index (χ0) is 38.4. The van der Waals surface area contributed by atoms with Gasteiger partial charge in [-0.1, -0.05) is 127 Å². The van der Waals surface area contributed by atoms with E-state index in [9.17, 15) is 0 Å². The van der Waals surface area contributed by atoms with Crippen LogP contribution in [0, 0.1) is 11.8 Å². The van der Waals surface area contributed by atoms with E-state index in [0.29, 0.717) is 11.8 Å². The van der Waals surface area contributed by atoms with Crippen LogP contribution in [0.1, 0.15) is 90.7 Å². The monoisotopic (exact) mass is 740 g/mol. The Morgan fingerprint density at radius 2 is 1.40 bits per heavy atom. The van der Waals surface area contributed by atoms with Crippen LogP contribution < -0.4 is 0 Å². The van der Waals surface area contributed by atoms with E-state index in [-0.39, 0.29) is 11.8 Å². The highest BCUT2D eigenvalue weighted by molar-refractivity contribution is 6.10. The average Bonchev–Trinajstić information content (AvgIpc) is 3.29. The van der Waals surface area contributed by atoms with Gasteiger partial charge in [-0.05, 0) is 120 Å². The van der Waals surface area contributed by atoms with Crippen LogP contribution in [0.15, 0.2) is 196 Å². The molecule has 4 atom stereocenters. The molecular weight excluding hydrogens is 693 g/mol. The molecule has 4 aromatic rings. The van der Waals surface area contributed by atoms with Gasteiger partial charge in [0.05, 0.1) is 11.4 Å². The summed E-state index contributed by atoms with van der Waals surface area (Å²) in [7, 11) is 0. The maximum absolute atomic E-state index is 5.38. The van der Waals surface area contributed by atoms with Crippen molar-refractivity contribution < 1.29 is 0 Å². The first-order chi connectivity index (χ1) is 28.1. The lowest BCUT2D eigenvalue weighted by Gasteiger charge is -2.25. The number of benzene rings is 3. The molecule has 5 aliphatic rings. The zero-order valence-electron chi connectivity index (χ0n) is 32.6. The molecule has 3 heterocycles. The summed E-state index contributed by atoms with van der Waals surface area (Å²) >= 11 is 0. The van der Waals surface area contributed by atoms with E-state index in [0.717, 1.165) is 66.9 Å². The summed E-state index contributed by atoms with van der Waals surface area (Å²) in [5, 5.41) is 0. The molecule has 0 radical (unpaired) electrons. The molecule has 0 saturated carbocycles. The second kappa shape index (κ2) is 16.9. The van der Waals surface area contributed by atoms with Crippen LogP contribution in [0.25, 0.3) is 16.8 Å². The standard InChI is InChI=1S/C53H48N4/c1-37-22-23-51(39-24-28-54-29-25-39)56-53(40-26-30-55-31-27-40)57-52(37)50-21-9-20-49(36-50)48-19-8-18-47(35-48)46-17-7-16-45(34-46)44-15-6-14-43(33-44)42-13-5-12-41(32-42)38-10-3-2-4-11-38/h2-11,13-18,20-21,24-26,28-32,34-36,40-41,43,48H,12,19,22-23,27,33H2,1H3/b52-37-,56-51?,57-53?. The third-order valence-electron chi connectivity index (χ3n) is 11.9. The smallest absolute Gasteiger partial charge is 0.136 e. The Balaban J connectivity index is 0.963. The van der Waals surface area contributed by atoms with Gasteiger partial charge < -0.3 is 0 Å². The predicted molar refractivity (Wildman–Crippen MR) is 239 cm³/mol. The normalized spacial score (nSPS) is 24.5. The van der Waals surface area contributed by atoms with Crippen molar-refractivity contribution >= 4 is 34.6 Å². The largest absolute Gasteiger partial charge is 0.269 e. The molecule has 57 heavy (non-hydrogen) atoms. The van der Waals surface area contributed by atoms with Gasteiger partial charge in [-0.15, -0.1) is 0 Å². The maximum atomic E-state index is 5.38. The number of amidine groups is 1. The Kier molecular flexibility index (Phi) is 10.8. The molecule has 4 heteroatoms. The Hall–Kier alpha value is -6.26. The number of rotatable bonds is 8. The van der Waals surface area contributed by atoms with Gasteiger partial charge in [0, 0.05) is 54.0 Å². The van der Waals surface area contributed by atoms with Gasteiger partial charge in [-0.3, -0.25) is 9.98 Å². The molecule has 2 aliphatic heterocycles. The van der Waals surface area contributed by atoms with Gasteiger partial charge in [0.25, 0.3) is 0 Å². The summed E-state index contributed by atoms with van der Waals surface area (Å²) in [4.78, 5) is 19.2. The Morgan fingerprint density at radius 1 is 0.614 bits per heavy atom. The molecule has 3 aliphatic carbocycles. The topological polar surface area (TPSA) is 50.0 Å². The van der Waals surface area contributed by atoms with Crippen molar-refractivity contribution in [3.63, 3.8) is 0 Å². The summed E-state index contributed by atoms with van der Waals surface area (Å²) in [6.45, 7) is 2.23. The molecule has 0 N–H and O–H groups in total. The lowest BCUT2D eigenvalue weighted by atomic mass is 9.80. The second-order valence-corrected chi connectivity index (χ2v) is 15.7. The molecule has 0 spiro atoms. The van der Waals surface area contributed by atoms with Gasteiger partial charge >= 0.3 is 0 Å². The van der Waals surface area contributed by atoms with Crippen molar-refractivity contribution in [1.82, 2.24) is 4.98 Å². The van der Waals surface area contributed by atoms with Crippen LogP contribution in [0.5, 0.6) is 0 Å². The summed E-state index contributed by atoms with van der Waals surface area (Å²) < 4.78 is 0.